The zero-order chi connectivity index (χ0) is 29.7. The molecule has 10 heteroatoms. The van der Waals surface area contributed by atoms with Crippen molar-refractivity contribution < 1.29 is 38.8 Å². The van der Waals surface area contributed by atoms with E-state index in [2.05, 4.69) is 0 Å². The Hall–Kier alpha value is -3.47. The summed E-state index contributed by atoms with van der Waals surface area (Å²) in [7, 11) is 0. The maximum absolute atomic E-state index is 13.3. The van der Waals surface area contributed by atoms with E-state index in [1.165, 1.54) is 0 Å². The van der Waals surface area contributed by atoms with Crippen molar-refractivity contribution >= 4 is 17.8 Å². The lowest BCUT2D eigenvalue weighted by atomic mass is 9.95. The summed E-state index contributed by atoms with van der Waals surface area (Å²) in [6.45, 7) is 7.96. The third kappa shape index (κ3) is 8.51. The zero-order valence-electron chi connectivity index (χ0n) is 24.2. The van der Waals surface area contributed by atoms with E-state index >= 15 is 0 Å². The second kappa shape index (κ2) is 13.5. The number of urea groups is 1. The Balaban J connectivity index is 1.33. The number of epoxide rings is 1. The van der Waals surface area contributed by atoms with E-state index in [4.69, 9.17) is 14.2 Å². The average Bonchev–Trinajstić information content (AvgIpc) is 3.72. The fraction of sp³-hybridized carbons (Fsp3) is 0.516. The number of aliphatic hydroxyl groups excluding tert-OH is 2. The van der Waals surface area contributed by atoms with Crippen molar-refractivity contribution in [1.29, 1.82) is 0 Å². The quantitative estimate of drug-likeness (QED) is 0.263. The van der Waals surface area contributed by atoms with E-state index in [1.54, 1.807) is 0 Å². The van der Waals surface area contributed by atoms with Crippen LogP contribution in [0.2, 0.25) is 0 Å². The van der Waals surface area contributed by atoms with Crippen molar-refractivity contribution in [3.63, 3.8) is 0 Å². The number of aryl methyl sites for hydroxylation is 4. The lowest BCUT2D eigenvalue weighted by molar-refractivity contribution is -0.151. The van der Waals surface area contributed by atoms with E-state index in [0.29, 0.717) is 30.9 Å². The Morgan fingerprint density at radius 2 is 1.29 bits per heavy atom. The van der Waals surface area contributed by atoms with Crippen LogP contribution in [0.4, 0.5) is 4.79 Å². The van der Waals surface area contributed by atoms with Gasteiger partial charge in [-0.25, -0.2) is 4.79 Å². The highest BCUT2D eigenvalue weighted by Crippen LogP contribution is 2.26. The van der Waals surface area contributed by atoms with Gasteiger partial charge in [0.1, 0.15) is 36.7 Å². The molecule has 0 saturated carbocycles. The smallest absolute Gasteiger partial charge is 0.333 e. The number of carbonyl (C=O) groups is 3. The van der Waals surface area contributed by atoms with Gasteiger partial charge in [-0.2, -0.15) is 0 Å². The molecule has 2 aromatic carbocycles. The molecule has 41 heavy (non-hydrogen) atoms. The molecule has 2 aromatic rings. The predicted octanol–water partition coefficient (Wildman–Crippen LogP) is 3.08. The molecular formula is C31H40N2O8. The first kappa shape index (κ1) is 30.5. The third-order valence-corrected chi connectivity index (χ3v) is 7.08. The van der Waals surface area contributed by atoms with Gasteiger partial charge in [-0.3, -0.25) is 19.4 Å². The molecule has 2 heterocycles. The lowest BCUT2D eigenvalue weighted by Gasteiger charge is -2.37. The third-order valence-electron chi connectivity index (χ3n) is 7.08. The first-order valence-electron chi connectivity index (χ1n) is 14.1. The number of hydrogen-bond acceptors (Lipinski definition) is 8. The predicted molar refractivity (Wildman–Crippen MR) is 151 cm³/mol. The number of benzene rings is 2. The largest absolute Gasteiger partial charge is 0.491 e. The minimum Gasteiger partial charge on any atom is -0.491 e. The van der Waals surface area contributed by atoms with Gasteiger partial charge in [0.2, 0.25) is 11.8 Å². The molecule has 0 radical (unpaired) electrons. The van der Waals surface area contributed by atoms with Crippen LogP contribution >= 0.6 is 0 Å². The number of carbonyl (C=O) groups excluding carboxylic acids is 3. The van der Waals surface area contributed by atoms with E-state index in [0.717, 1.165) is 32.1 Å². The van der Waals surface area contributed by atoms with E-state index in [-0.39, 0.29) is 38.8 Å². The van der Waals surface area contributed by atoms with Gasteiger partial charge < -0.3 is 24.4 Å². The van der Waals surface area contributed by atoms with Gasteiger partial charge in [0.25, 0.3) is 0 Å². The summed E-state index contributed by atoms with van der Waals surface area (Å²) in [5, 5.41) is 21.1. The summed E-state index contributed by atoms with van der Waals surface area (Å²) in [5.41, 5.74) is 4.14. The van der Waals surface area contributed by atoms with Crippen LogP contribution in [0.3, 0.4) is 0 Å². The van der Waals surface area contributed by atoms with Crippen molar-refractivity contribution in [3.8, 4) is 11.5 Å². The molecule has 4 atom stereocenters. The summed E-state index contributed by atoms with van der Waals surface area (Å²) in [6.07, 6.45) is -1.36. The van der Waals surface area contributed by atoms with E-state index in [9.17, 15) is 24.6 Å². The van der Waals surface area contributed by atoms with Crippen LogP contribution in [-0.4, -0.2) is 89.1 Å². The molecule has 222 valence electrons. The van der Waals surface area contributed by atoms with Crippen LogP contribution < -0.4 is 9.47 Å². The molecule has 2 aliphatic rings. The van der Waals surface area contributed by atoms with Gasteiger partial charge in [-0.05, 0) is 93.5 Å². The summed E-state index contributed by atoms with van der Waals surface area (Å²) >= 11 is 0. The molecule has 2 fully saturated rings. The highest BCUT2D eigenvalue weighted by molar-refractivity contribution is 6.16. The van der Waals surface area contributed by atoms with Crippen LogP contribution in [0.25, 0.3) is 0 Å². The lowest BCUT2D eigenvalue weighted by Crippen LogP contribution is -2.61. The molecule has 2 aliphatic heterocycles. The molecule has 0 aromatic heterocycles. The van der Waals surface area contributed by atoms with Crippen LogP contribution in [0.15, 0.2) is 36.4 Å². The Bertz CT molecular complexity index is 1220. The number of amides is 4. The van der Waals surface area contributed by atoms with Gasteiger partial charge in [0.05, 0.1) is 31.9 Å². The minimum absolute atomic E-state index is 0.0550. The van der Waals surface area contributed by atoms with E-state index in [1.807, 2.05) is 64.1 Å². The molecule has 0 bridgehead atoms. The van der Waals surface area contributed by atoms with Gasteiger partial charge in [0.15, 0.2) is 0 Å². The molecule has 0 aliphatic carbocycles. The maximum atomic E-state index is 13.3. The Morgan fingerprint density at radius 1 is 0.805 bits per heavy atom. The molecule has 10 nitrogen and oxygen atoms in total. The maximum Gasteiger partial charge on any atom is 0.333 e. The number of nitrogens with zero attached hydrogens (tertiary/aromatic N) is 2. The summed E-state index contributed by atoms with van der Waals surface area (Å²) in [4.78, 5) is 41.6. The molecule has 4 rings (SSSR count). The first-order valence-corrected chi connectivity index (χ1v) is 14.1. The number of imide groups is 2. The van der Waals surface area contributed by atoms with Gasteiger partial charge in [-0.1, -0.05) is 12.1 Å². The van der Waals surface area contributed by atoms with Gasteiger partial charge >= 0.3 is 6.03 Å². The van der Waals surface area contributed by atoms with Crippen molar-refractivity contribution in [2.24, 2.45) is 5.92 Å². The summed E-state index contributed by atoms with van der Waals surface area (Å²) in [5.74, 6) is -1.07. The molecule has 4 amide bonds. The molecule has 0 spiro atoms. The molecule has 2 saturated heterocycles. The normalized spacial score (nSPS) is 20.3. The highest BCUT2D eigenvalue weighted by atomic mass is 16.6. The average molecular weight is 569 g/mol. The summed E-state index contributed by atoms with van der Waals surface area (Å²) in [6, 6.07) is 10.7. The number of hydrogen-bond donors (Lipinski definition) is 2. The van der Waals surface area contributed by atoms with Crippen LogP contribution in [-0.2, 0) is 14.3 Å². The monoisotopic (exact) mass is 568 g/mol. The van der Waals surface area contributed by atoms with Crippen molar-refractivity contribution in [2.45, 2.75) is 65.3 Å². The number of ether oxygens (including phenoxy) is 3. The van der Waals surface area contributed by atoms with Crippen LogP contribution in [0.5, 0.6) is 11.5 Å². The van der Waals surface area contributed by atoms with Gasteiger partial charge in [-0.15, -0.1) is 0 Å². The van der Waals surface area contributed by atoms with E-state index < -0.39 is 36.0 Å². The van der Waals surface area contributed by atoms with Gasteiger partial charge in [0, 0.05) is 0 Å². The number of barbiturate groups is 1. The fourth-order valence-electron chi connectivity index (χ4n) is 5.10. The Labute approximate surface area is 240 Å². The standard InChI is InChI=1S/C31H40N2O8/c1-19-8-20(2)11-25(10-19)39-16-23(34)6-5-7-28-29(36)32(31(38)33(30(28)37)15-27-18-41-27)14-24(35)17-40-26-12-21(3)9-22(4)13-26/h8-13,23-24,27-28,34-35H,5-7,14-18H2,1-4H3. The van der Waals surface area contributed by atoms with Crippen molar-refractivity contribution in [3.05, 3.63) is 58.7 Å². The highest BCUT2D eigenvalue weighted by Gasteiger charge is 2.47. The molecular weight excluding hydrogens is 528 g/mol. The molecule has 4 unspecified atom stereocenters. The fourth-order valence-corrected chi connectivity index (χ4v) is 5.10. The second-order valence-electron chi connectivity index (χ2n) is 11.2. The van der Waals surface area contributed by atoms with Crippen LogP contribution in [0, 0.1) is 33.6 Å². The second-order valence-corrected chi connectivity index (χ2v) is 11.2. The SMILES string of the molecule is Cc1cc(C)cc(OCC(O)CCCC2C(=O)N(CC(O)COc3cc(C)cc(C)c3)C(=O)N(CC3CO3)C2=O)c1. The van der Waals surface area contributed by atoms with Crippen molar-refractivity contribution in [1.82, 2.24) is 9.80 Å². The molecule has 2 N–H and O–H groups in total. The summed E-state index contributed by atoms with van der Waals surface area (Å²) < 4.78 is 16.7. The number of β-amino-alcohol motifs (C(OH)–C–C–N with tert-alkyl or cyclic N) is 1. The Morgan fingerprint density at radius 3 is 1.80 bits per heavy atom. The number of rotatable bonds is 14. The van der Waals surface area contributed by atoms with Crippen molar-refractivity contribution in [2.75, 3.05) is 32.9 Å². The topological polar surface area (TPSA) is 129 Å². The first-order chi connectivity index (χ1) is 19.5. The Kier molecular flexibility index (Phi) is 10.0. The number of aliphatic hydroxyl groups is 2. The zero-order valence-corrected chi connectivity index (χ0v) is 24.2. The minimum atomic E-state index is -1.15. The van der Waals surface area contributed by atoms with Crippen LogP contribution in [0.1, 0.15) is 41.5 Å².